The van der Waals surface area contributed by atoms with Crippen LogP contribution in [0.25, 0.3) is 0 Å². The second-order valence-electron chi connectivity index (χ2n) is 4.89. The fraction of sp³-hybridized carbons (Fsp3) is 0.312. The van der Waals surface area contributed by atoms with Gasteiger partial charge in [0.25, 0.3) is 5.56 Å². The van der Waals surface area contributed by atoms with Gasteiger partial charge < -0.3 is 19.8 Å². The molecule has 0 bridgehead atoms. The summed E-state index contributed by atoms with van der Waals surface area (Å²) in [5.74, 6) is 1.22. The van der Waals surface area contributed by atoms with Gasteiger partial charge in [0.05, 0.1) is 20.3 Å². The van der Waals surface area contributed by atoms with E-state index in [9.17, 15) is 4.79 Å². The Labute approximate surface area is 123 Å². The molecule has 0 aliphatic carbocycles. The predicted molar refractivity (Wildman–Crippen MR) is 82.0 cm³/mol. The predicted octanol–water partition coefficient (Wildman–Crippen LogP) is 1.76. The van der Waals surface area contributed by atoms with Crippen molar-refractivity contribution < 1.29 is 9.47 Å². The van der Waals surface area contributed by atoms with Crippen molar-refractivity contribution >= 4 is 0 Å². The lowest BCUT2D eigenvalue weighted by atomic mass is 10.00. The van der Waals surface area contributed by atoms with E-state index in [1.54, 1.807) is 44.0 Å². The van der Waals surface area contributed by atoms with E-state index < -0.39 is 6.04 Å². The molecule has 0 radical (unpaired) electrons. The molecule has 2 rings (SSSR count). The van der Waals surface area contributed by atoms with Crippen LogP contribution in [0.3, 0.4) is 0 Å². The minimum atomic E-state index is -0.510. The molecule has 21 heavy (non-hydrogen) atoms. The highest BCUT2D eigenvalue weighted by atomic mass is 16.5. The van der Waals surface area contributed by atoms with E-state index in [4.69, 9.17) is 15.2 Å². The maximum absolute atomic E-state index is 12.3. The van der Waals surface area contributed by atoms with Gasteiger partial charge >= 0.3 is 0 Å². The molecule has 0 fully saturated rings. The Hall–Kier alpha value is -2.27. The van der Waals surface area contributed by atoms with Crippen LogP contribution in [-0.4, -0.2) is 18.8 Å². The molecule has 1 atom stereocenters. The highest BCUT2D eigenvalue weighted by Crippen LogP contribution is 2.30. The summed E-state index contributed by atoms with van der Waals surface area (Å²) >= 11 is 0. The molecule has 1 aromatic heterocycles. The topological polar surface area (TPSA) is 66.5 Å². The highest BCUT2D eigenvalue weighted by Gasteiger charge is 2.16. The van der Waals surface area contributed by atoms with Crippen molar-refractivity contribution in [2.24, 2.45) is 12.8 Å². The normalized spacial score (nSPS) is 12.0. The number of hydrogen-bond donors (Lipinski definition) is 1. The van der Waals surface area contributed by atoms with Crippen LogP contribution < -0.4 is 20.8 Å². The van der Waals surface area contributed by atoms with Gasteiger partial charge in [-0.2, -0.15) is 0 Å². The third-order valence-electron chi connectivity index (χ3n) is 3.69. The molecule has 2 N–H and O–H groups in total. The van der Waals surface area contributed by atoms with Gasteiger partial charge in [0.1, 0.15) is 0 Å². The van der Waals surface area contributed by atoms with Crippen molar-refractivity contribution in [2.45, 2.75) is 13.0 Å². The summed E-state index contributed by atoms with van der Waals surface area (Å²) in [6.45, 7) is 1.88. The van der Waals surface area contributed by atoms with Crippen LogP contribution in [0, 0.1) is 6.92 Å². The smallest absolute Gasteiger partial charge is 0.255 e. The number of aryl methyl sites for hydroxylation is 1. The average Bonchev–Trinajstić information content (AvgIpc) is 2.51. The zero-order valence-electron chi connectivity index (χ0n) is 12.7. The fourth-order valence-electron chi connectivity index (χ4n) is 2.21. The molecule has 0 saturated carbocycles. The van der Waals surface area contributed by atoms with Gasteiger partial charge in [0.2, 0.25) is 0 Å². The molecule has 1 heterocycles. The monoisotopic (exact) mass is 288 g/mol. The van der Waals surface area contributed by atoms with Gasteiger partial charge in [0, 0.05) is 18.3 Å². The fourth-order valence-corrected chi connectivity index (χ4v) is 2.21. The maximum Gasteiger partial charge on any atom is 0.255 e. The Balaban J connectivity index is 2.48. The molecule has 1 unspecified atom stereocenters. The molecule has 2 aromatic rings. The number of rotatable bonds is 4. The van der Waals surface area contributed by atoms with Gasteiger partial charge in [-0.05, 0) is 36.8 Å². The van der Waals surface area contributed by atoms with E-state index in [1.807, 2.05) is 19.1 Å². The van der Waals surface area contributed by atoms with Gasteiger partial charge in [-0.15, -0.1) is 0 Å². The third kappa shape index (κ3) is 2.78. The maximum atomic E-state index is 12.3. The first-order chi connectivity index (χ1) is 9.99. The molecular formula is C16H20N2O3. The number of nitrogens with zero attached hydrogens (tertiary/aromatic N) is 1. The Morgan fingerprint density at radius 1 is 1.10 bits per heavy atom. The Morgan fingerprint density at radius 2 is 1.76 bits per heavy atom. The summed E-state index contributed by atoms with van der Waals surface area (Å²) in [5.41, 5.74) is 8.40. The van der Waals surface area contributed by atoms with Gasteiger partial charge in [-0.3, -0.25) is 4.79 Å². The molecule has 5 heteroatoms. The molecule has 0 saturated heterocycles. The Kier molecular flexibility index (Phi) is 4.33. The van der Waals surface area contributed by atoms with Crippen LogP contribution in [0.15, 0.2) is 35.1 Å². The van der Waals surface area contributed by atoms with Crippen LogP contribution in [0.2, 0.25) is 0 Å². The third-order valence-corrected chi connectivity index (χ3v) is 3.69. The molecule has 0 amide bonds. The number of benzene rings is 1. The standard InChI is InChI=1S/C16H20N2O3/c1-10-5-7-12(16(19)18(10)2)15(17)11-6-8-13(20-3)14(9-11)21-4/h5-9,15H,17H2,1-4H3. The first-order valence-electron chi connectivity index (χ1n) is 6.63. The van der Waals surface area contributed by atoms with E-state index in [-0.39, 0.29) is 5.56 Å². The zero-order valence-corrected chi connectivity index (χ0v) is 12.7. The van der Waals surface area contributed by atoms with Gasteiger partial charge in [-0.25, -0.2) is 0 Å². The lowest BCUT2D eigenvalue weighted by molar-refractivity contribution is 0.354. The summed E-state index contributed by atoms with van der Waals surface area (Å²) in [5, 5.41) is 0. The quantitative estimate of drug-likeness (QED) is 0.931. The molecule has 112 valence electrons. The molecular weight excluding hydrogens is 268 g/mol. The SMILES string of the molecule is COc1ccc(C(N)c2ccc(C)n(C)c2=O)cc1OC. The van der Waals surface area contributed by atoms with Gasteiger partial charge in [-0.1, -0.05) is 6.07 Å². The number of pyridine rings is 1. The number of hydrogen-bond acceptors (Lipinski definition) is 4. The highest BCUT2D eigenvalue weighted by molar-refractivity contribution is 5.45. The van der Waals surface area contributed by atoms with Crippen molar-refractivity contribution in [1.82, 2.24) is 4.57 Å². The Bertz CT molecular complexity index is 707. The molecule has 5 nitrogen and oxygen atoms in total. The van der Waals surface area contributed by atoms with Crippen LogP contribution >= 0.6 is 0 Å². The average molecular weight is 288 g/mol. The summed E-state index contributed by atoms with van der Waals surface area (Å²) in [7, 11) is 4.88. The number of aromatic nitrogens is 1. The summed E-state index contributed by atoms with van der Waals surface area (Å²) in [6, 6.07) is 8.57. The lowest BCUT2D eigenvalue weighted by Crippen LogP contribution is -2.28. The van der Waals surface area contributed by atoms with Crippen molar-refractivity contribution in [3.05, 3.63) is 57.5 Å². The van der Waals surface area contributed by atoms with Crippen LogP contribution in [0.1, 0.15) is 22.9 Å². The van der Waals surface area contributed by atoms with E-state index in [0.717, 1.165) is 11.3 Å². The molecule has 1 aromatic carbocycles. The van der Waals surface area contributed by atoms with E-state index in [0.29, 0.717) is 17.1 Å². The Morgan fingerprint density at radius 3 is 2.38 bits per heavy atom. The molecule has 0 aliphatic rings. The largest absolute Gasteiger partial charge is 0.493 e. The van der Waals surface area contributed by atoms with Crippen LogP contribution in [-0.2, 0) is 7.05 Å². The van der Waals surface area contributed by atoms with Crippen molar-refractivity contribution in [3.8, 4) is 11.5 Å². The molecule has 0 aliphatic heterocycles. The van der Waals surface area contributed by atoms with Crippen molar-refractivity contribution in [1.29, 1.82) is 0 Å². The number of ether oxygens (including phenoxy) is 2. The summed E-state index contributed by atoms with van der Waals surface area (Å²) in [6.07, 6.45) is 0. The lowest BCUT2D eigenvalue weighted by Gasteiger charge is -2.16. The molecule has 0 spiro atoms. The van der Waals surface area contributed by atoms with Crippen molar-refractivity contribution in [3.63, 3.8) is 0 Å². The van der Waals surface area contributed by atoms with E-state index in [2.05, 4.69) is 0 Å². The number of methoxy groups -OCH3 is 2. The van der Waals surface area contributed by atoms with E-state index in [1.165, 1.54) is 0 Å². The minimum absolute atomic E-state index is 0.0858. The second-order valence-corrected chi connectivity index (χ2v) is 4.89. The van der Waals surface area contributed by atoms with Crippen LogP contribution in [0.4, 0.5) is 0 Å². The minimum Gasteiger partial charge on any atom is -0.493 e. The second kappa shape index (κ2) is 6.01. The summed E-state index contributed by atoms with van der Waals surface area (Å²) < 4.78 is 12.1. The first kappa shape index (κ1) is 15.1. The van der Waals surface area contributed by atoms with Crippen molar-refractivity contribution in [2.75, 3.05) is 14.2 Å². The van der Waals surface area contributed by atoms with Crippen LogP contribution in [0.5, 0.6) is 11.5 Å². The first-order valence-corrected chi connectivity index (χ1v) is 6.63. The summed E-state index contributed by atoms with van der Waals surface area (Å²) in [4.78, 5) is 12.3. The zero-order chi connectivity index (χ0) is 15.6. The van der Waals surface area contributed by atoms with E-state index >= 15 is 0 Å². The van der Waals surface area contributed by atoms with Gasteiger partial charge in [0.15, 0.2) is 11.5 Å². The number of nitrogens with two attached hydrogens (primary N) is 1.